The number of hydrogen-bond donors (Lipinski definition) is 4. The van der Waals surface area contributed by atoms with Gasteiger partial charge in [-0.2, -0.15) is 0 Å². The molecule has 0 aliphatic heterocycles. The molecular formula is C23H30N4O. The molecule has 0 fully saturated rings. The average Bonchev–Trinajstić information content (AvgIpc) is 3.02. The molecule has 1 atom stereocenters. The van der Waals surface area contributed by atoms with E-state index in [1.807, 2.05) is 37.3 Å². The number of aliphatic imine (C=N–C) groups is 1. The van der Waals surface area contributed by atoms with E-state index in [1.165, 1.54) is 22.2 Å². The van der Waals surface area contributed by atoms with Gasteiger partial charge in [-0.15, -0.1) is 0 Å². The normalized spacial score (nSPS) is 14.1. The van der Waals surface area contributed by atoms with Crippen LogP contribution in [-0.4, -0.2) is 35.7 Å². The quantitative estimate of drug-likeness (QED) is 0.376. The minimum Gasteiger partial charge on any atom is -0.384 e. The number of nitrogens with zero attached hydrogens (tertiary/aromatic N) is 1. The molecule has 3 aromatic rings. The third kappa shape index (κ3) is 4.73. The van der Waals surface area contributed by atoms with Crippen molar-refractivity contribution < 1.29 is 5.11 Å². The number of H-pyrrole nitrogens is 1. The lowest BCUT2D eigenvalue weighted by molar-refractivity contribution is 0.0672. The van der Waals surface area contributed by atoms with Crippen LogP contribution in [0.25, 0.3) is 10.9 Å². The molecule has 0 saturated carbocycles. The van der Waals surface area contributed by atoms with E-state index in [9.17, 15) is 5.11 Å². The van der Waals surface area contributed by atoms with Crippen molar-refractivity contribution in [3.63, 3.8) is 0 Å². The summed E-state index contributed by atoms with van der Waals surface area (Å²) in [5.41, 5.74) is 3.57. The molecule has 1 unspecified atom stereocenters. The van der Waals surface area contributed by atoms with Gasteiger partial charge in [-0.3, -0.25) is 0 Å². The Kier molecular flexibility index (Phi) is 6.37. The van der Waals surface area contributed by atoms with Crippen LogP contribution in [0.5, 0.6) is 0 Å². The molecule has 148 valence electrons. The van der Waals surface area contributed by atoms with E-state index in [4.69, 9.17) is 0 Å². The Morgan fingerprint density at radius 3 is 2.54 bits per heavy atom. The minimum absolute atomic E-state index is 0.290. The summed E-state index contributed by atoms with van der Waals surface area (Å²) in [6.45, 7) is 7.78. The Bertz CT molecular complexity index is 928. The average molecular weight is 379 g/mol. The molecule has 0 aliphatic rings. The maximum absolute atomic E-state index is 10.8. The van der Waals surface area contributed by atoms with Crippen molar-refractivity contribution in [1.82, 2.24) is 15.6 Å². The van der Waals surface area contributed by atoms with Crippen LogP contribution in [0.15, 0.2) is 59.6 Å². The van der Waals surface area contributed by atoms with Crippen molar-refractivity contribution in [2.45, 2.75) is 32.8 Å². The Labute approximate surface area is 166 Å². The van der Waals surface area contributed by atoms with Gasteiger partial charge < -0.3 is 20.7 Å². The molecular weight excluding hydrogens is 348 g/mol. The van der Waals surface area contributed by atoms with Crippen molar-refractivity contribution in [2.75, 3.05) is 19.6 Å². The lowest BCUT2D eigenvalue weighted by Gasteiger charge is -2.22. The maximum atomic E-state index is 10.8. The Morgan fingerprint density at radius 1 is 1.07 bits per heavy atom. The number of para-hydroxylation sites is 1. The number of benzene rings is 2. The molecule has 1 aromatic heterocycles. The number of aromatic amines is 1. The molecule has 2 aromatic carbocycles. The van der Waals surface area contributed by atoms with Crippen molar-refractivity contribution in [3.8, 4) is 0 Å². The first kappa shape index (κ1) is 20.0. The molecule has 0 spiro atoms. The standard InChI is InChI=1S/C23H30N4O/c1-4-24-22(26-16-23(3,28)18-10-6-5-7-11-18)25-15-14-19-17(2)27-21-13-9-8-12-20(19)21/h5-13,27-28H,4,14-16H2,1-3H3,(H2,24,25,26). The van der Waals surface area contributed by atoms with E-state index in [0.717, 1.165) is 31.0 Å². The third-order valence-electron chi connectivity index (χ3n) is 4.98. The van der Waals surface area contributed by atoms with Gasteiger partial charge >= 0.3 is 0 Å². The number of aliphatic hydroxyl groups is 1. The molecule has 0 radical (unpaired) electrons. The highest BCUT2D eigenvalue weighted by atomic mass is 16.3. The van der Waals surface area contributed by atoms with E-state index < -0.39 is 5.60 Å². The molecule has 5 heteroatoms. The molecule has 0 bridgehead atoms. The fourth-order valence-electron chi connectivity index (χ4n) is 3.43. The molecule has 1 heterocycles. The highest BCUT2D eigenvalue weighted by molar-refractivity contribution is 5.84. The summed E-state index contributed by atoms with van der Waals surface area (Å²) in [7, 11) is 0. The van der Waals surface area contributed by atoms with Gasteiger partial charge in [0.15, 0.2) is 5.96 Å². The van der Waals surface area contributed by atoms with Crippen LogP contribution in [0.2, 0.25) is 0 Å². The highest BCUT2D eigenvalue weighted by Crippen LogP contribution is 2.22. The van der Waals surface area contributed by atoms with E-state index >= 15 is 0 Å². The van der Waals surface area contributed by atoms with Gasteiger partial charge in [0.05, 0.1) is 6.54 Å². The number of hydrogen-bond acceptors (Lipinski definition) is 2. The topological polar surface area (TPSA) is 72.4 Å². The van der Waals surface area contributed by atoms with Crippen LogP contribution in [0.3, 0.4) is 0 Å². The molecule has 3 rings (SSSR count). The second kappa shape index (κ2) is 8.93. The number of fused-ring (bicyclic) bond motifs is 1. The smallest absolute Gasteiger partial charge is 0.191 e. The summed E-state index contributed by atoms with van der Waals surface area (Å²) >= 11 is 0. The lowest BCUT2D eigenvalue weighted by atomic mass is 9.96. The Hall–Kier alpha value is -2.79. The second-order valence-corrected chi connectivity index (χ2v) is 7.29. The molecule has 4 N–H and O–H groups in total. The fraction of sp³-hybridized carbons (Fsp3) is 0.348. The van der Waals surface area contributed by atoms with E-state index in [1.54, 1.807) is 6.92 Å². The highest BCUT2D eigenvalue weighted by Gasteiger charge is 2.22. The molecule has 0 aliphatic carbocycles. The third-order valence-corrected chi connectivity index (χ3v) is 4.98. The maximum Gasteiger partial charge on any atom is 0.191 e. The van der Waals surface area contributed by atoms with Crippen LogP contribution in [0.4, 0.5) is 0 Å². The summed E-state index contributed by atoms with van der Waals surface area (Å²) in [5.74, 6) is 0.719. The summed E-state index contributed by atoms with van der Waals surface area (Å²) in [6.07, 6.45) is 0.898. The largest absolute Gasteiger partial charge is 0.384 e. The Balaban J connectivity index is 1.64. The van der Waals surface area contributed by atoms with Gasteiger partial charge in [-0.1, -0.05) is 48.5 Å². The molecule has 28 heavy (non-hydrogen) atoms. The van der Waals surface area contributed by atoms with E-state index in [0.29, 0.717) is 6.54 Å². The van der Waals surface area contributed by atoms with Gasteiger partial charge in [0.1, 0.15) is 5.60 Å². The number of guanidine groups is 1. The van der Waals surface area contributed by atoms with Crippen LogP contribution < -0.4 is 10.6 Å². The van der Waals surface area contributed by atoms with Gasteiger partial charge in [0, 0.05) is 29.7 Å². The zero-order chi connectivity index (χ0) is 20.0. The monoisotopic (exact) mass is 378 g/mol. The van der Waals surface area contributed by atoms with Crippen LogP contribution in [0, 0.1) is 6.92 Å². The number of nitrogens with one attached hydrogen (secondary N) is 3. The number of rotatable bonds is 7. The lowest BCUT2D eigenvalue weighted by Crippen LogP contribution is -2.39. The van der Waals surface area contributed by atoms with E-state index in [-0.39, 0.29) is 0 Å². The van der Waals surface area contributed by atoms with Crippen molar-refractivity contribution in [2.24, 2.45) is 4.99 Å². The van der Waals surface area contributed by atoms with Gasteiger partial charge in [-0.25, -0.2) is 4.99 Å². The van der Waals surface area contributed by atoms with Crippen LogP contribution in [0.1, 0.15) is 30.7 Å². The second-order valence-electron chi connectivity index (χ2n) is 7.29. The van der Waals surface area contributed by atoms with E-state index in [2.05, 4.69) is 51.8 Å². The molecule has 0 saturated heterocycles. The molecule has 0 amide bonds. The predicted molar refractivity (Wildman–Crippen MR) is 117 cm³/mol. The van der Waals surface area contributed by atoms with Gasteiger partial charge in [0.2, 0.25) is 0 Å². The Morgan fingerprint density at radius 2 is 1.79 bits per heavy atom. The number of aryl methyl sites for hydroxylation is 1. The zero-order valence-electron chi connectivity index (χ0n) is 16.9. The summed E-state index contributed by atoms with van der Waals surface area (Å²) < 4.78 is 0. The van der Waals surface area contributed by atoms with Crippen molar-refractivity contribution in [3.05, 3.63) is 71.4 Å². The first-order chi connectivity index (χ1) is 13.5. The van der Waals surface area contributed by atoms with Crippen LogP contribution in [-0.2, 0) is 12.0 Å². The fourth-order valence-corrected chi connectivity index (χ4v) is 3.43. The number of aromatic nitrogens is 1. The first-order valence-electron chi connectivity index (χ1n) is 9.87. The molecule has 5 nitrogen and oxygen atoms in total. The predicted octanol–water partition coefficient (Wildman–Crippen LogP) is 3.48. The van der Waals surface area contributed by atoms with Crippen molar-refractivity contribution >= 4 is 16.9 Å². The van der Waals surface area contributed by atoms with Gasteiger partial charge in [0.25, 0.3) is 0 Å². The summed E-state index contributed by atoms with van der Waals surface area (Å²) in [6, 6.07) is 18.0. The van der Waals surface area contributed by atoms with Crippen molar-refractivity contribution in [1.29, 1.82) is 0 Å². The summed E-state index contributed by atoms with van der Waals surface area (Å²) in [4.78, 5) is 8.05. The SMILES string of the molecule is CCNC(=NCC(C)(O)c1ccccc1)NCCc1c(C)[nH]c2ccccc12. The zero-order valence-corrected chi connectivity index (χ0v) is 16.9. The minimum atomic E-state index is -1.00. The first-order valence-corrected chi connectivity index (χ1v) is 9.87. The summed E-state index contributed by atoms with van der Waals surface area (Å²) in [5, 5.41) is 18.7. The van der Waals surface area contributed by atoms with Gasteiger partial charge in [-0.05, 0) is 44.4 Å². The van der Waals surface area contributed by atoms with Crippen LogP contribution >= 0.6 is 0 Å².